The first kappa shape index (κ1) is 16.7. The number of carbonyl (C=O) groups is 1. The molecule has 0 aliphatic carbocycles. The Kier molecular flexibility index (Phi) is 5.33. The molecule has 0 saturated carbocycles. The van der Waals surface area contributed by atoms with Crippen molar-refractivity contribution in [3.8, 4) is 0 Å². The molecule has 9 heteroatoms. The zero-order valence-corrected chi connectivity index (χ0v) is 13.8. The van der Waals surface area contributed by atoms with Crippen molar-refractivity contribution in [2.75, 3.05) is 16.8 Å². The summed E-state index contributed by atoms with van der Waals surface area (Å²) in [4.78, 5) is 20.2. The number of hydrogen-bond donors (Lipinski definition) is 3. The first-order valence-corrected chi connectivity index (χ1v) is 7.81. The summed E-state index contributed by atoms with van der Waals surface area (Å²) < 4.78 is 0. The molecule has 5 N–H and O–H groups in total. The molecule has 1 aromatic carbocycles. The number of halogens is 2. The normalized spacial score (nSPS) is 12.0. The Bertz CT molecular complexity index is 693. The van der Waals surface area contributed by atoms with Crippen molar-refractivity contribution >= 4 is 58.2 Å². The lowest BCUT2D eigenvalue weighted by molar-refractivity contribution is -0.115. The van der Waals surface area contributed by atoms with Gasteiger partial charge in [0.2, 0.25) is 5.91 Å². The first-order valence-electron chi connectivity index (χ1n) is 6.18. The molecule has 1 heterocycles. The van der Waals surface area contributed by atoms with E-state index in [2.05, 4.69) is 15.3 Å². The first-order chi connectivity index (χ1) is 10.3. The van der Waals surface area contributed by atoms with Crippen molar-refractivity contribution in [2.24, 2.45) is 0 Å². The third kappa shape index (κ3) is 4.40. The number of anilines is 3. The molecule has 1 aromatic heterocycles. The van der Waals surface area contributed by atoms with E-state index in [0.29, 0.717) is 20.9 Å². The van der Waals surface area contributed by atoms with Crippen LogP contribution in [0.1, 0.15) is 6.92 Å². The molecule has 0 spiro atoms. The van der Waals surface area contributed by atoms with Crippen LogP contribution in [0.15, 0.2) is 29.4 Å². The maximum Gasteiger partial charge on any atom is 0.237 e. The number of benzene rings is 1. The van der Waals surface area contributed by atoms with Gasteiger partial charge in [0.25, 0.3) is 0 Å². The number of nitrogen functional groups attached to an aromatic ring is 2. The minimum absolute atomic E-state index is 0.250. The van der Waals surface area contributed by atoms with Crippen LogP contribution < -0.4 is 16.8 Å². The number of hydrogen-bond acceptors (Lipinski definition) is 6. The van der Waals surface area contributed by atoms with Gasteiger partial charge in [0.1, 0.15) is 11.6 Å². The Labute approximate surface area is 141 Å². The average Bonchev–Trinajstić information content (AvgIpc) is 2.41. The molecule has 1 unspecified atom stereocenters. The third-order valence-corrected chi connectivity index (χ3v) is 4.11. The molecular weight excluding hydrogens is 345 g/mol. The number of nitrogens with one attached hydrogen (secondary N) is 1. The second kappa shape index (κ2) is 7.04. The summed E-state index contributed by atoms with van der Waals surface area (Å²) in [5, 5.41) is 3.44. The molecule has 1 atom stereocenters. The van der Waals surface area contributed by atoms with Gasteiger partial charge in [0.05, 0.1) is 16.0 Å². The van der Waals surface area contributed by atoms with Gasteiger partial charge in [-0.1, -0.05) is 35.0 Å². The molecule has 0 radical (unpaired) electrons. The fourth-order valence-electron chi connectivity index (χ4n) is 1.55. The van der Waals surface area contributed by atoms with Crippen LogP contribution in [-0.4, -0.2) is 21.1 Å². The van der Waals surface area contributed by atoms with Crippen LogP contribution >= 0.6 is 35.0 Å². The van der Waals surface area contributed by atoms with Crippen molar-refractivity contribution in [2.45, 2.75) is 17.3 Å². The maximum absolute atomic E-state index is 12.2. The summed E-state index contributed by atoms with van der Waals surface area (Å²) in [6.45, 7) is 1.71. The van der Waals surface area contributed by atoms with Crippen molar-refractivity contribution < 1.29 is 4.79 Å². The predicted octanol–water partition coefficient (Wildman–Crippen LogP) is 3.07. The van der Waals surface area contributed by atoms with Crippen LogP contribution in [0.3, 0.4) is 0 Å². The highest BCUT2D eigenvalue weighted by Gasteiger charge is 2.18. The van der Waals surface area contributed by atoms with E-state index in [1.165, 1.54) is 6.07 Å². The van der Waals surface area contributed by atoms with Crippen LogP contribution in [0.5, 0.6) is 0 Å². The van der Waals surface area contributed by atoms with Crippen molar-refractivity contribution in [1.29, 1.82) is 0 Å². The van der Waals surface area contributed by atoms with E-state index in [9.17, 15) is 4.79 Å². The van der Waals surface area contributed by atoms with Gasteiger partial charge in [-0.2, -0.15) is 0 Å². The van der Waals surface area contributed by atoms with Crippen molar-refractivity contribution in [3.63, 3.8) is 0 Å². The zero-order valence-electron chi connectivity index (χ0n) is 11.5. The topological polar surface area (TPSA) is 107 Å². The molecule has 0 bridgehead atoms. The molecule has 0 aliphatic rings. The van der Waals surface area contributed by atoms with Gasteiger partial charge in [0, 0.05) is 11.1 Å². The molecule has 2 aromatic rings. The Morgan fingerprint density at radius 2 is 1.86 bits per heavy atom. The van der Waals surface area contributed by atoms with Gasteiger partial charge in [0.15, 0.2) is 5.16 Å². The predicted molar refractivity (Wildman–Crippen MR) is 91.3 cm³/mol. The van der Waals surface area contributed by atoms with Gasteiger partial charge in [-0.05, 0) is 25.1 Å². The summed E-state index contributed by atoms with van der Waals surface area (Å²) in [6, 6.07) is 6.27. The molecular formula is C13H13Cl2N5OS. The average molecular weight is 358 g/mol. The molecule has 6 nitrogen and oxygen atoms in total. The summed E-state index contributed by atoms with van der Waals surface area (Å²) in [5.74, 6) is 0.236. The SMILES string of the molecule is CC(Sc1nc(N)cc(N)n1)C(=O)Nc1cc(Cl)ccc1Cl. The third-order valence-electron chi connectivity index (χ3n) is 2.58. The van der Waals surface area contributed by atoms with Gasteiger partial charge >= 0.3 is 0 Å². The minimum Gasteiger partial charge on any atom is -0.383 e. The fraction of sp³-hybridized carbons (Fsp3) is 0.154. The summed E-state index contributed by atoms with van der Waals surface area (Å²) in [6.07, 6.45) is 0. The Morgan fingerprint density at radius 1 is 1.23 bits per heavy atom. The number of thioether (sulfide) groups is 1. The van der Waals surface area contributed by atoms with E-state index in [1.54, 1.807) is 25.1 Å². The molecule has 0 saturated heterocycles. The van der Waals surface area contributed by atoms with Crippen LogP contribution in [-0.2, 0) is 4.79 Å². The van der Waals surface area contributed by atoms with E-state index in [-0.39, 0.29) is 17.5 Å². The monoisotopic (exact) mass is 357 g/mol. The number of aromatic nitrogens is 2. The van der Waals surface area contributed by atoms with Gasteiger partial charge < -0.3 is 16.8 Å². The minimum atomic E-state index is -0.476. The van der Waals surface area contributed by atoms with E-state index >= 15 is 0 Å². The molecule has 22 heavy (non-hydrogen) atoms. The number of carbonyl (C=O) groups excluding carboxylic acids is 1. The second-order valence-corrected chi connectivity index (χ2v) is 6.53. The van der Waals surface area contributed by atoms with Crippen LogP contribution in [0.2, 0.25) is 10.0 Å². The second-order valence-electron chi connectivity index (χ2n) is 4.37. The highest BCUT2D eigenvalue weighted by molar-refractivity contribution is 8.00. The van der Waals surface area contributed by atoms with E-state index in [4.69, 9.17) is 34.7 Å². The quantitative estimate of drug-likeness (QED) is 0.573. The van der Waals surface area contributed by atoms with Gasteiger partial charge in [-0.25, -0.2) is 9.97 Å². The van der Waals surface area contributed by atoms with Gasteiger partial charge in [-0.3, -0.25) is 4.79 Å². The highest BCUT2D eigenvalue weighted by Crippen LogP contribution is 2.27. The molecule has 116 valence electrons. The Morgan fingerprint density at radius 3 is 2.50 bits per heavy atom. The standard InChI is InChI=1S/C13H13Cl2N5OS/c1-6(22-13-19-10(16)5-11(17)20-13)12(21)18-9-4-7(14)2-3-8(9)15/h2-6H,1H3,(H,18,21)(H4,16,17,19,20). The Balaban J connectivity index is 2.07. The molecule has 2 rings (SSSR count). The zero-order chi connectivity index (χ0) is 16.3. The lowest BCUT2D eigenvalue weighted by Crippen LogP contribution is -2.23. The van der Waals surface area contributed by atoms with Crippen molar-refractivity contribution in [3.05, 3.63) is 34.3 Å². The Hall–Kier alpha value is -1.70. The summed E-state index contributed by atoms with van der Waals surface area (Å²) >= 11 is 13.0. The van der Waals surface area contributed by atoms with E-state index in [1.807, 2.05) is 0 Å². The maximum atomic E-state index is 12.2. The number of nitrogens with two attached hydrogens (primary N) is 2. The lowest BCUT2D eigenvalue weighted by Gasteiger charge is -2.12. The highest BCUT2D eigenvalue weighted by atomic mass is 35.5. The van der Waals surface area contributed by atoms with E-state index in [0.717, 1.165) is 11.8 Å². The van der Waals surface area contributed by atoms with Crippen molar-refractivity contribution in [1.82, 2.24) is 9.97 Å². The molecule has 1 amide bonds. The number of nitrogens with zero attached hydrogens (tertiary/aromatic N) is 2. The largest absolute Gasteiger partial charge is 0.383 e. The number of rotatable bonds is 4. The smallest absolute Gasteiger partial charge is 0.237 e. The summed E-state index contributed by atoms with van der Waals surface area (Å²) in [5.41, 5.74) is 11.6. The van der Waals surface area contributed by atoms with Crippen LogP contribution in [0.4, 0.5) is 17.3 Å². The lowest BCUT2D eigenvalue weighted by atomic mass is 10.3. The molecule has 0 fully saturated rings. The van der Waals surface area contributed by atoms with Crippen LogP contribution in [0.25, 0.3) is 0 Å². The van der Waals surface area contributed by atoms with Crippen LogP contribution in [0, 0.1) is 0 Å². The van der Waals surface area contributed by atoms with E-state index < -0.39 is 5.25 Å². The fourth-order valence-corrected chi connectivity index (χ4v) is 2.69. The summed E-state index contributed by atoms with van der Waals surface area (Å²) in [7, 11) is 0. The van der Waals surface area contributed by atoms with Gasteiger partial charge in [-0.15, -0.1) is 0 Å². The number of amides is 1. The molecule has 0 aliphatic heterocycles.